The minimum absolute atomic E-state index is 0.133. The van der Waals surface area contributed by atoms with Crippen LogP contribution in [0.15, 0.2) is 18.2 Å². The molecule has 1 N–H and O–H groups in total. The van der Waals surface area contributed by atoms with E-state index in [1.807, 2.05) is 18.7 Å². The Morgan fingerprint density at radius 1 is 1.26 bits per heavy atom. The number of benzene rings is 1. The van der Waals surface area contributed by atoms with Crippen LogP contribution in [0.3, 0.4) is 0 Å². The van der Waals surface area contributed by atoms with Gasteiger partial charge in [-0.25, -0.2) is 4.39 Å². The van der Waals surface area contributed by atoms with Gasteiger partial charge in [-0.05, 0) is 49.6 Å². The predicted octanol–water partition coefficient (Wildman–Crippen LogP) is 4.71. The molecule has 1 aromatic rings. The van der Waals surface area contributed by atoms with Gasteiger partial charge in [0, 0.05) is 17.0 Å². The minimum atomic E-state index is -0.133. The third kappa shape index (κ3) is 5.96. The number of halogens is 1. The summed E-state index contributed by atoms with van der Waals surface area (Å²) in [7, 11) is 0. The Bertz CT molecular complexity index is 361. The predicted molar refractivity (Wildman–Crippen MR) is 84.4 cm³/mol. The molecule has 0 amide bonds. The summed E-state index contributed by atoms with van der Waals surface area (Å²) in [5.41, 5.74) is 2.06. The molecule has 0 saturated carbocycles. The SMILES string of the molecule is CCCNC(CSC(C)CC)c1cc(C)cc(F)c1. The van der Waals surface area contributed by atoms with Gasteiger partial charge in [-0.15, -0.1) is 0 Å². The summed E-state index contributed by atoms with van der Waals surface area (Å²) in [6.45, 7) is 9.53. The highest BCUT2D eigenvalue weighted by atomic mass is 32.2. The molecule has 0 aliphatic heterocycles. The highest BCUT2D eigenvalue weighted by Crippen LogP contribution is 2.24. The van der Waals surface area contributed by atoms with Gasteiger partial charge in [-0.1, -0.05) is 26.8 Å². The second-order valence-electron chi connectivity index (χ2n) is 5.12. The molecule has 0 spiro atoms. The first-order valence-electron chi connectivity index (χ1n) is 7.18. The van der Waals surface area contributed by atoms with Crippen molar-refractivity contribution in [1.82, 2.24) is 5.32 Å². The van der Waals surface area contributed by atoms with Gasteiger partial charge in [-0.2, -0.15) is 11.8 Å². The summed E-state index contributed by atoms with van der Waals surface area (Å²) in [5.74, 6) is 0.865. The molecular formula is C16H26FNS. The van der Waals surface area contributed by atoms with Crippen LogP contribution in [0.5, 0.6) is 0 Å². The fourth-order valence-corrected chi connectivity index (χ4v) is 3.00. The van der Waals surface area contributed by atoms with Crippen molar-refractivity contribution >= 4 is 11.8 Å². The zero-order valence-electron chi connectivity index (χ0n) is 12.5. The van der Waals surface area contributed by atoms with Crippen LogP contribution in [0.25, 0.3) is 0 Å². The molecule has 2 atom stereocenters. The van der Waals surface area contributed by atoms with Crippen LogP contribution < -0.4 is 5.32 Å². The van der Waals surface area contributed by atoms with E-state index in [-0.39, 0.29) is 11.9 Å². The third-order valence-electron chi connectivity index (χ3n) is 3.23. The molecule has 108 valence electrons. The second-order valence-corrected chi connectivity index (χ2v) is 6.59. The van der Waals surface area contributed by atoms with Crippen LogP contribution in [0.4, 0.5) is 4.39 Å². The number of aryl methyl sites for hydroxylation is 1. The maximum absolute atomic E-state index is 13.5. The average molecular weight is 283 g/mol. The molecule has 0 aliphatic carbocycles. The lowest BCUT2D eigenvalue weighted by molar-refractivity contribution is 0.567. The zero-order valence-corrected chi connectivity index (χ0v) is 13.3. The molecule has 0 heterocycles. The summed E-state index contributed by atoms with van der Waals surface area (Å²) in [5, 5.41) is 4.19. The van der Waals surface area contributed by atoms with Crippen molar-refractivity contribution in [3.63, 3.8) is 0 Å². The monoisotopic (exact) mass is 283 g/mol. The topological polar surface area (TPSA) is 12.0 Å². The van der Waals surface area contributed by atoms with Gasteiger partial charge in [0.1, 0.15) is 5.82 Å². The Morgan fingerprint density at radius 2 is 2.00 bits per heavy atom. The van der Waals surface area contributed by atoms with Crippen LogP contribution in [0, 0.1) is 12.7 Å². The quantitative estimate of drug-likeness (QED) is 0.741. The third-order valence-corrected chi connectivity index (χ3v) is 4.66. The van der Waals surface area contributed by atoms with Gasteiger partial charge < -0.3 is 5.32 Å². The summed E-state index contributed by atoms with van der Waals surface area (Å²) in [4.78, 5) is 0. The van der Waals surface area contributed by atoms with Crippen LogP contribution in [0.2, 0.25) is 0 Å². The fourth-order valence-electron chi connectivity index (χ4n) is 1.94. The lowest BCUT2D eigenvalue weighted by Gasteiger charge is -2.21. The minimum Gasteiger partial charge on any atom is -0.309 e. The Labute approximate surface area is 121 Å². The van der Waals surface area contributed by atoms with Gasteiger partial charge in [-0.3, -0.25) is 0 Å². The molecule has 0 aromatic heterocycles. The van der Waals surface area contributed by atoms with E-state index in [0.29, 0.717) is 5.25 Å². The Hall–Kier alpha value is -0.540. The van der Waals surface area contributed by atoms with E-state index in [0.717, 1.165) is 29.8 Å². The molecule has 0 fully saturated rings. The van der Waals surface area contributed by atoms with Crippen molar-refractivity contribution in [2.45, 2.75) is 51.8 Å². The summed E-state index contributed by atoms with van der Waals surface area (Å²) in [6.07, 6.45) is 2.27. The van der Waals surface area contributed by atoms with E-state index in [4.69, 9.17) is 0 Å². The molecule has 0 aliphatic rings. The first kappa shape index (κ1) is 16.5. The van der Waals surface area contributed by atoms with Crippen molar-refractivity contribution in [1.29, 1.82) is 0 Å². The molecule has 0 bridgehead atoms. The molecule has 1 rings (SSSR count). The average Bonchev–Trinajstić information content (AvgIpc) is 2.37. The zero-order chi connectivity index (χ0) is 14.3. The number of hydrogen-bond acceptors (Lipinski definition) is 2. The van der Waals surface area contributed by atoms with Gasteiger partial charge >= 0.3 is 0 Å². The maximum Gasteiger partial charge on any atom is 0.123 e. The molecule has 19 heavy (non-hydrogen) atoms. The van der Waals surface area contributed by atoms with E-state index in [2.05, 4.69) is 32.2 Å². The molecule has 1 nitrogen and oxygen atoms in total. The second kappa shape index (κ2) is 8.60. The van der Waals surface area contributed by atoms with E-state index in [1.54, 1.807) is 12.1 Å². The fraction of sp³-hybridized carbons (Fsp3) is 0.625. The number of nitrogens with one attached hydrogen (secondary N) is 1. The number of hydrogen-bond donors (Lipinski definition) is 1. The first-order valence-corrected chi connectivity index (χ1v) is 8.23. The number of rotatable bonds is 8. The van der Waals surface area contributed by atoms with Gasteiger partial charge in [0.25, 0.3) is 0 Å². The van der Waals surface area contributed by atoms with E-state index < -0.39 is 0 Å². The molecule has 1 aromatic carbocycles. The summed E-state index contributed by atoms with van der Waals surface area (Å²) < 4.78 is 13.5. The Balaban J connectivity index is 2.76. The van der Waals surface area contributed by atoms with E-state index >= 15 is 0 Å². The first-order chi connectivity index (χ1) is 9.06. The normalized spacial score (nSPS) is 14.4. The van der Waals surface area contributed by atoms with Gasteiger partial charge in [0.2, 0.25) is 0 Å². The molecule has 0 radical (unpaired) electrons. The van der Waals surface area contributed by atoms with Crippen LogP contribution in [0.1, 0.15) is 50.8 Å². The highest BCUT2D eigenvalue weighted by Gasteiger charge is 2.13. The largest absolute Gasteiger partial charge is 0.309 e. The summed E-state index contributed by atoms with van der Waals surface area (Å²) >= 11 is 1.96. The molecule has 0 saturated heterocycles. The van der Waals surface area contributed by atoms with E-state index in [1.165, 1.54) is 6.42 Å². The van der Waals surface area contributed by atoms with E-state index in [9.17, 15) is 4.39 Å². The van der Waals surface area contributed by atoms with Crippen molar-refractivity contribution in [3.8, 4) is 0 Å². The van der Waals surface area contributed by atoms with Gasteiger partial charge in [0.05, 0.1) is 0 Å². The molecule has 3 heteroatoms. The van der Waals surface area contributed by atoms with Crippen molar-refractivity contribution in [2.24, 2.45) is 0 Å². The Morgan fingerprint density at radius 3 is 2.58 bits per heavy atom. The summed E-state index contributed by atoms with van der Waals surface area (Å²) in [6, 6.07) is 5.58. The lowest BCUT2D eigenvalue weighted by Crippen LogP contribution is -2.25. The van der Waals surface area contributed by atoms with Crippen LogP contribution in [-0.4, -0.2) is 17.5 Å². The van der Waals surface area contributed by atoms with Crippen LogP contribution >= 0.6 is 11.8 Å². The molecule has 2 unspecified atom stereocenters. The molecular weight excluding hydrogens is 257 g/mol. The smallest absolute Gasteiger partial charge is 0.123 e. The highest BCUT2D eigenvalue weighted by molar-refractivity contribution is 7.99. The maximum atomic E-state index is 13.5. The van der Waals surface area contributed by atoms with Crippen molar-refractivity contribution in [3.05, 3.63) is 35.1 Å². The van der Waals surface area contributed by atoms with Gasteiger partial charge in [0.15, 0.2) is 0 Å². The standard InChI is InChI=1S/C16H26FNS/c1-5-7-18-16(11-19-13(4)6-2)14-8-12(3)9-15(17)10-14/h8-10,13,16,18H,5-7,11H2,1-4H3. The van der Waals surface area contributed by atoms with Crippen molar-refractivity contribution in [2.75, 3.05) is 12.3 Å². The van der Waals surface area contributed by atoms with Crippen molar-refractivity contribution < 1.29 is 4.39 Å². The van der Waals surface area contributed by atoms with Crippen LogP contribution in [-0.2, 0) is 0 Å². The lowest BCUT2D eigenvalue weighted by atomic mass is 10.1. The number of thioether (sulfide) groups is 1. The Kier molecular flexibility index (Phi) is 7.47.